The molecule has 0 saturated heterocycles. The van der Waals surface area contributed by atoms with Crippen molar-refractivity contribution in [2.45, 2.75) is 58.1 Å². The monoisotopic (exact) mass is 377 g/mol. The number of guanidine groups is 1. The normalized spacial score (nSPS) is 15.0. The molecular weight excluding hydrogens is 342 g/mol. The maximum Gasteiger partial charge on any atom is 0.191 e. The first kappa shape index (κ1) is 21.4. The molecule has 152 valence electrons. The largest absolute Gasteiger partial charge is 0.497 e. The Morgan fingerprint density at radius 3 is 2.70 bits per heavy atom. The lowest BCUT2D eigenvalue weighted by Crippen LogP contribution is -2.37. The summed E-state index contributed by atoms with van der Waals surface area (Å²) in [6, 6.07) is 6.02. The van der Waals surface area contributed by atoms with Gasteiger partial charge in [-0.1, -0.05) is 0 Å². The van der Waals surface area contributed by atoms with E-state index < -0.39 is 0 Å². The molecule has 1 saturated carbocycles. The molecule has 0 radical (unpaired) electrons. The number of hydrogen-bond donors (Lipinski definition) is 2. The Labute approximate surface area is 163 Å². The number of unbranched alkanes of at least 4 members (excludes halogenated alkanes) is 1. The van der Waals surface area contributed by atoms with E-state index in [2.05, 4.69) is 21.7 Å². The minimum absolute atomic E-state index is 0.318. The zero-order chi connectivity index (χ0) is 19.3. The van der Waals surface area contributed by atoms with Gasteiger partial charge < -0.3 is 24.8 Å². The Morgan fingerprint density at radius 1 is 1.19 bits per heavy atom. The molecule has 1 aromatic carbocycles. The number of nitrogens with one attached hydrogen (secondary N) is 2. The smallest absolute Gasteiger partial charge is 0.191 e. The van der Waals surface area contributed by atoms with E-state index in [0.29, 0.717) is 12.6 Å². The SMILES string of the molecule is CCOCCCCNC(=NC)NCc1ccc(OC)cc1OC1CCCC1. The fourth-order valence-corrected chi connectivity index (χ4v) is 3.18. The molecule has 1 fully saturated rings. The van der Waals surface area contributed by atoms with Gasteiger partial charge in [0, 0.05) is 45.0 Å². The molecule has 0 aliphatic heterocycles. The average molecular weight is 378 g/mol. The quantitative estimate of drug-likeness (QED) is 0.351. The minimum atomic E-state index is 0.318. The molecule has 1 aliphatic carbocycles. The predicted molar refractivity (Wildman–Crippen MR) is 110 cm³/mol. The van der Waals surface area contributed by atoms with Gasteiger partial charge in [-0.3, -0.25) is 4.99 Å². The Bertz CT molecular complexity index is 572. The third kappa shape index (κ3) is 7.67. The van der Waals surface area contributed by atoms with Crippen LogP contribution in [0.15, 0.2) is 23.2 Å². The fourth-order valence-electron chi connectivity index (χ4n) is 3.18. The lowest BCUT2D eigenvalue weighted by molar-refractivity contribution is 0.143. The van der Waals surface area contributed by atoms with Crippen LogP contribution in [0.2, 0.25) is 0 Å². The molecule has 6 heteroatoms. The Kier molecular flexibility index (Phi) is 9.84. The number of hydrogen-bond acceptors (Lipinski definition) is 4. The maximum absolute atomic E-state index is 6.26. The van der Waals surface area contributed by atoms with Crippen molar-refractivity contribution in [2.75, 3.05) is 33.9 Å². The first-order valence-corrected chi connectivity index (χ1v) is 10.1. The van der Waals surface area contributed by atoms with E-state index in [9.17, 15) is 0 Å². The van der Waals surface area contributed by atoms with Gasteiger partial charge in [-0.15, -0.1) is 0 Å². The number of methoxy groups -OCH3 is 1. The van der Waals surface area contributed by atoms with Gasteiger partial charge in [0.2, 0.25) is 0 Å². The van der Waals surface area contributed by atoms with Gasteiger partial charge in [0.1, 0.15) is 11.5 Å². The molecule has 1 aromatic rings. The highest BCUT2D eigenvalue weighted by molar-refractivity contribution is 5.79. The lowest BCUT2D eigenvalue weighted by atomic mass is 10.2. The number of benzene rings is 1. The summed E-state index contributed by atoms with van der Waals surface area (Å²) in [7, 11) is 3.48. The zero-order valence-electron chi connectivity index (χ0n) is 17.1. The van der Waals surface area contributed by atoms with Crippen molar-refractivity contribution in [3.05, 3.63) is 23.8 Å². The molecule has 0 atom stereocenters. The number of ether oxygens (including phenoxy) is 3. The molecular formula is C21H35N3O3. The van der Waals surface area contributed by atoms with Crippen LogP contribution < -0.4 is 20.1 Å². The van der Waals surface area contributed by atoms with E-state index in [1.165, 1.54) is 12.8 Å². The number of rotatable bonds is 11. The van der Waals surface area contributed by atoms with Crippen LogP contribution >= 0.6 is 0 Å². The fraction of sp³-hybridized carbons (Fsp3) is 0.667. The highest BCUT2D eigenvalue weighted by Crippen LogP contribution is 2.29. The molecule has 0 heterocycles. The van der Waals surface area contributed by atoms with Crippen molar-refractivity contribution in [3.63, 3.8) is 0 Å². The van der Waals surface area contributed by atoms with Crippen molar-refractivity contribution >= 4 is 5.96 Å². The van der Waals surface area contributed by atoms with Crippen LogP contribution in [0.3, 0.4) is 0 Å². The van der Waals surface area contributed by atoms with Gasteiger partial charge in [-0.05, 0) is 57.6 Å². The second-order valence-electron chi connectivity index (χ2n) is 6.75. The van der Waals surface area contributed by atoms with Crippen LogP contribution in [0.25, 0.3) is 0 Å². The van der Waals surface area contributed by atoms with Gasteiger partial charge >= 0.3 is 0 Å². The van der Waals surface area contributed by atoms with Crippen molar-refractivity contribution in [1.29, 1.82) is 0 Å². The summed E-state index contributed by atoms with van der Waals surface area (Å²) in [6.07, 6.45) is 7.20. The minimum Gasteiger partial charge on any atom is -0.497 e. The van der Waals surface area contributed by atoms with Gasteiger partial charge in [0.15, 0.2) is 5.96 Å². The van der Waals surface area contributed by atoms with E-state index >= 15 is 0 Å². The van der Waals surface area contributed by atoms with Gasteiger partial charge in [-0.25, -0.2) is 0 Å². The molecule has 1 aliphatic rings. The van der Waals surface area contributed by atoms with Crippen LogP contribution in [-0.4, -0.2) is 46.0 Å². The van der Waals surface area contributed by atoms with Gasteiger partial charge in [0.25, 0.3) is 0 Å². The number of aliphatic imine (C=N–C) groups is 1. The average Bonchev–Trinajstić information content (AvgIpc) is 3.20. The second-order valence-corrected chi connectivity index (χ2v) is 6.75. The maximum atomic E-state index is 6.26. The summed E-state index contributed by atoms with van der Waals surface area (Å²) in [5.41, 5.74) is 1.11. The van der Waals surface area contributed by atoms with E-state index in [1.807, 2.05) is 19.1 Å². The third-order valence-corrected chi connectivity index (χ3v) is 4.75. The summed E-state index contributed by atoms with van der Waals surface area (Å²) >= 11 is 0. The second kappa shape index (κ2) is 12.4. The van der Waals surface area contributed by atoms with Crippen LogP contribution in [0.5, 0.6) is 11.5 Å². The highest BCUT2D eigenvalue weighted by Gasteiger charge is 2.18. The van der Waals surface area contributed by atoms with E-state index in [0.717, 1.165) is 68.5 Å². The molecule has 0 spiro atoms. The summed E-state index contributed by atoms with van der Waals surface area (Å²) in [5, 5.41) is 6.73. The molecule has 2 N–H and O–H groups in total. The van der Waals surface area contributed by atoms with Crippen LogP contribution in [0, 0.1) is 0 Å². The molecule has 0 bridgehead atoms. The molecule has 0 aromatic heterocycles. The predicted octanol–water partition coefficient (Wildman–Crippen LogP) is 3.50. The number of nitrogens with zero attached hydrogens (tertiary/aromatic N) is 1. The van der Waals surface area contributed by atoms with Gasteiger partial charge in [-0.2, -0.15) is 0 Å². The third-order valence-electron chi connectivity index (χ3n) is 4.75. The topological polar surface area (TPSA) is 64.1 Å². The Morgan fingerprint density at radius 2 is 2.00 bits per heavy atom. The summed E-state index contributed by atoms with van der Waals surface area (Å²) in [5.74, 6) is 2.53. The highest BCUT2D eigenvalue weighted by atomic mass is 16.5. The van der Waals surface area contributed by atoms with E-state index in [-0.39, 0.29) is 0 Å². The van der Waals surface area contributed by atoms with Crippen molar-refractivity contribution in [1.82, 2.24) is 10.6 Å². The molecule has 2 rings (SSSR count). The van der Waals surface area contributed by atoms with Crippen LogP contribution in [-0.2, 0) is 11.3 Å². The summed E-state index contributed by atoms with van der Waals surface area (Å²) < 4.78 is 17.0. The van der Waals surface area contributed by atoms with Crippen LogP contribution in [0.1, 0.15) is 51.0 Å². The standard InChI is InChI=1S/C21H35N3O3/c1-4-26-14-8-7-13-23-21(22-2)24-16-17-11-12-19(25-3)15-20(17)27-18-9-5-6-10-18/h11-12,15,18H,4-10,13-14,16H2,1-3H3,(H2,22,23,24). The Balaban J connectivity index is 1.85. The molecule has 0 unspecified atom stereocenters. The van der Waals surface area contributed by atoms with Crippen LogP contribution in [0.4, 0.5) is 0 Å². The summed E-state index contributed by atoms with van der Waals surface area (Å²) in [4.78, 5) is 4.30. The lowest BCUT2D eigenvalue weighted by Gasteiger charge is -2.19. The van der Waals surface area contributed by atoms with E-state index in [4.69, 9.17) is 14.2 Å². The van der Waals surface area contributed by atoms with Crippen molar-refractivity contribution in [3.8, 4) is 11.5 Å². The molecule has 6 nitrogen and oxygen atoms in total. The van der Waals surface area contributed by atoms with Gasteiger partial charge in [0.05, 0.1) is 13.2 Å². The van der Waals surface area contributed by atoms with Crippen molar-refractivity contribution in [2.24, 2.45) is 4.99 Å². The zero-order valence-corrected chi connectivity index (χ0v) is 17.1. The molecule has 0 amide bonds. The summed E-state index contributed by atoms with van der Waals surface area (Å²) in [6.45, 7) is 5.15. The first-order valence-electron chi connectivity index (χ1n) is 10.1. The van der Waals surface area contributed by atoms with Crippen molar-refractivity contribution < 1.29 is 14.2 Å². The van der Waals surface area contributed by atoms with E-state index in [1.54, 1.807) is 14.2 Å². The Hall–Kier alpha value is -1.95. The molecule has 27 heavy (non-hydrogen) atoms. The first-order chi connectivity index (χ1) is 13.3.